The van der Waals surface area contributed by atoms with Gasteiger partial charge in [-0.05, 0) is 17.5 Å². The summed E-state index contributed by atoms with van der Waals surface area (Å²) in [5.41, 5.74) is 12.2. The highest BCUT2D eigenvalue weighted by Crippen LogP contribution is 2.19. The number of H-pyrrole nitrogens is 1. The van der Waals surface area contributed by atoms with E-state index >= 15 is 0 Å². The number of para-hydroxylation sites is 1. The van der Waals surface area contributed by atoms with Gasteiger partial charge in [-0.1, -0.05) is 32.0 Å². The van der Waals surface area contributed by atoms with E-state index in [1.54, 1.807) is 26.1 Å². The van der Waals surface area contributed by atoms with Crippen LogP contribution in [0.25, 0.3) is 10.9 Å². The first kappa shape index (κ1) is 29.8. The number of hydrogen-bond acceptors (Lipinski definition) is 7. The molecule has 14 heteroatoms. The second-order valence-electron chi connectivity index (χ2n) is 9.13. The molecule has 2 aromatic rings. The Hall–Kier alpha value is -4.46. The molecule has 0 aliphatic heterocycles. The van der Waals surface area contributed by atoms with E-state index in [9.17, 15) is 33.9 Å². The molecule has 1 aromatic carbocycles. The Labute approximate surface area is 217 Å². The quantitative estimate of drug-likeness (QED) is 0.142. The minimum atomic E-state index is -1.60. The van der Waals surface area contributed by atoms with Crippen LogP contribution in [-0.4, -0.2) is 74.9 Å². The van der Waals surface area contributed by atoms with Crippen molar-refractivity contribution in [1.29, 1.82) is 0 Å². The number of amides is 4. The number of benzene rings is 1. The lowest BCUT2D eigenvalue weighted by atomic mass is 10.00. The van der Waals surface area contributed by atoms with Crippen LogP contribution in [0.4, 0.5) is 0 Å². The molecule has 38 heavy (non-hydrogen) atoms. The van der Waals surface area contributed by atoms with Gasteiger partial charge in [0.05, 0.1) is 18.9 Å². The summed E-state index contributed by atoms with van der Waals surface area (Å²) in [4.78, 5) is 75.4. The maximum Gasteiger partial charge on any atom is 0.326 e. The topological polar surface area (TPSA) is 247 Å². The first-order valence-corrected chi connectivity index (χ1v) is 11.7. The van der Waals surface area contributed by atoms with E-state index in [4.69, 9.17) is 16.6 Å². The number of aliphatic carboxylic acids is 2. The number of nitrogens with two attached hydrogens (primary N) is 2. The van der Waals surface area contributed by atoms with Crippen LogP contribution in [0.2, 0.25) is 0 Å². The molecule has 10 N–H and O–H groups in total. The minimum absolute atomic E-state index is 0.0345. The molecule has 0 saturated heterocycles. The van der Waals surface area contributed by atoms with Gasteiger partial charge in [-0.3, -0.25) is 24.0 Å². The molecule has 0 aliphatic rings. The molecule has 4 amide bonds. The number of aromatic amines is 1. The van der Waals surface area contributed by atoms with E-state index in [1.807, 2.05) is 18.2 Å². The van der Waals surface area contributed by atoms with Gasteiger partial charge in [-0.2, -0.15) is 0 Å². The highest BCUT2D eigenvalue weighted by atomic mass is 16.4. The Morgan fingerprint density at radius 3 is 2.11 bits per heavy atom. The zero-order valence-electron chi connectivity index (χ0n) is 20.9. The Morgan fingerprint density at radius 2 is 1.53 bits per heavy atom. The van der Waals surface area contributed by atoms with E-state index in [-0.39, 0.29) is 6.42 Å². The molecule has 0 radical (unpaired) electrons. The number of aromatic nitrogens is 1. The number of carboxylic acids is 2. The molecular formula is C24H32N6O8. The molecule has 0 aliphatic carbocycles. The van der Waals surface area contributed by atoms with Gasteiger partial charge >= 0.3 is 11.9 Å². The van der Waals surface area contributed by atoms with Gasteiger partial charge in [0.15, 0.2) is 0 Å². The Balaban J connectivity index is 2.29. The van der Waals surface area contributed by atoms with Crippen molar-refractivity contribution < 1.29 is 39.0 Å². The van der Waals surface area contributed by atoms with Crippen LogP contribution in [0.15, 0.2) is 30.5 Å². The Bertz CT molecular complexity index is 1210. The fraction of sp³-hybridized carbons (Fsp3) is 0.417. The summed E-state index contributed by atoms with van der Waals surface area (Å²) < 4.78 is 0. The van der Waals surface area contributed by atoms with E-state index in [0.29, 0.717) is 5.56 Å². The summed E-state index contributed by atoms with van der Waals surface area (Å²) in [5.74, 6) is -6.80. The monoisotopic (exact) mass is 532 g/mol. The van der Waals surface area contributed by atoms with Gasteiger partial charge in [-0.15, -0.1) is 0 Å². The number of hydrogen-bond donors (Lipinski definition) is 8. The lowest BCUT2D eigenvalue weighted by Crippen LogP contribution is -2.59. The number of fused-ring (bicyclic) bond motifs is 1. The first-order valence-electron chi connectivity index (χ1n) is 11.7. The second kappa shape index (κ2) is 13.2. The molecule has 14 nitrogen and oxygen atoms in total. The highest BCUT2D eigenvalue weighted by molar-refractivity contribution is 5.96. The van der Waals surface area contributed by atoms with Crippen LogP contribution in [0.1, 0.15) is 32.3 Å². The van der Waals surface area contributed by atoms with Crippen molar-refractivity contribution in [2.75, 3.05) is 0 Å². The number of carboxylic acid groups (broad SMARTS) is 2. The normalized spacial score (nSPS) is 14.2. The number of primary amides is 1. The molecule has 0 spiro atoms. The van der Waals surface area contributed by atoms with Gasteiger partial charge < -0.3 is 42.6 Å². The predicted octanol–water partition coefficient (Wildman–Crippen LogP) is -1.42. The van der Waals surface area contributed by atoms with Crippen LogP contribution < -0.4 is 27.4 Å². The molecule has 0 saturated carbocycles. The maximum atomic E-state index is 13.3. The van der Waals surface area contributed by atoms with Crippen LogP contribution >= 0.6 is 0 Å². The van der Waals surface area contributed by atoms with E-state index < -0.39 is 78.5 Å². The van der Waals surface area contributed by atoms with Crippen LogP contribution in [0.5, 0.6) is 0 Å². The third kappa shape index (κ3) is 8.30. The largest absolute Gasteiger partial charge is 0.481 e. The van der Waals surface area contributed by atoms with Crippen molar-refractivity contribution in [2.45, 2.75) is 57.3 Å². The van der Waals surface area contributed by atoms with E-state index in [1.165, 1.54) is 0 Å². The van der Waals surface area contributed by atoms with Crippen molar-refractivity contribution in [3.63, 3.8) is 0 Å². The summed E-state index contributed by atoms with van der Waals surface area (Å²) in [5, 5.41) is 26.2. The van der Waals surface area contributed by atoms with Crippen molar-refractivity contribution in [3.05, 3.63) is 36.0 Å². The van der Waals surface area contributed by atoms with E-state index in [0.717, 1.165) is 10.9 Å². The fourth-order valence-electron chi connectivity index (χ4n) is 3.74. The summed E-state index contributed by atoms with van der Waals surface area (Å²) >= 11 is 0. The van der Waals surface area contributed by atoms with Gasteiger partial charge in [0, 0.05) is 23.5 Å². The number of carbonyl (C=O) groups is 6. The molecule has 1 heterocycles. The number of rotatable bonds is 14. The highest BCUT2D eigenvalue weighted by Gasteiger charge is 2.33. The first-order chi connectivity index (χ1) is 17.8. The summed E-state index contributed by atoms with van der Waals surface area (Å²) in [6.07, 6.45) is 0.302. The molecule has 1 aromatic heterocycles. The summed E-state index contributed by atoms with van der Waals surface area (Å²) in [6.45, 7) is 3.20. The van der Waals surface area contributed by atoms with Crippen LogP contribution in [0, 0.1) is 5.92 Å². The molecule has 4 atom stereocenters. The van der Waals surface area contributed by atoms with Crippen molar-refractivity contribution in [3.8, 4) is 0 Å². The van der Waals surface area contributed by atoms with Gasteiger partial charge in [0.25, 0.3) is 0 Å². The van der Waals surface area contributed by atoms with Crippen molar-refractivity contribution in [1.82, 2.24) is 20.9 Å². The average molecular weight is 533 g/mol. The van der Waals surface area contributed by atoms with Gasteiger partial charge in [0.1, 0.15) is 18.1 Å². The Kier molecular flexibility index (Phi) is 10.3. The predicted molar refractivity (Wildman–Crippen MR) is 134 cm³/mol. The summed E-state index contributed by atoms with van der Waals surface area (Å²) in [6, 6.07) is 1.69. The van der Waals surface area contributed by atoms with Crippen molar-refractivity contribution >= 4 is 46.5 Å². The van der Waals surface area contributed by atoms with Crippen LogP contribution in [-0.2, 0) is 35.2 Å². The zero-order valence-corrected chi connectivity index (χ0v) is 20.9. The molecule has 0 fully saturated rings. The molecule has 0 bridgehead atoms. The SMILES string of the molecule is CC(C)C(NC(=O)C(Cc1c[nH]c2ccccc12)NC(=O)C(N)CC(=O)O)C(=O)NC(CC(N)=O)C(=O)O. The maximum absolute atomic E-state index is 13.3. The van der Waals surface area contributed by atoms with Crippen molar-refractivity contribution in [2.24, 2.45) is 17.4 Å². The molecular weight excluding hydrogens is 500 g/mol. The lowest BCUT2D eigenvalue weighted by molar-refractivity contribution is -0.144. The average Bonchev–Trinajstić information content (AvgIpc) is 3.23. The van der Waals surface area contributed by atoms with Gasteiger partial charge in [-0.25, -0.2) is 4.79 Å². The number of carbonyl (C=O) groups excluding carboxylic acids is 4. The summed E-state index contributed by atoms with van der Waals surface area (Å²) in [7, 11) is 0. The molecule has 2 rings (SSSR count). The van der Waals surface area contributed by atoms with Crippen LogP contribution in [0.3, 0.4) is 0 Å². The fourth-order valence-corrected chi connectivity index (χ4v) is 3.74. The standard InChI is InChI=1S/C24H32N6O8/c1-11(2)20(23(36)29-17(24(37)38)9-18(26)31)30-22(35)16(28-21(34)14(25)8-19(32)33)7-12-10-27-15-6-4-3-5-13(12)15/h3-6,10-11,14,16-17,20,27H,7-9,25H2,1-2H3,(H2,26,31)(H,28,34)(H,29,36)(H,30,35)(H,32,33)(H,37,38). The number of nitrogens with one attached hydrogen (secondary N) is 4. The lowest BCUT2D eigenvalue weighted by Gasteiger charge is -2.27. The van der Waals surface area contributed by atoms with E-state index in [2.05, 4.69) is 20.9 Å². The van der Waals surface area contributed by atoms with Gasteiger partial charge in [0.2, 0.25) is 23.6 Å². The Morgan fingerprint density at radius 1 is 0.895 bits per heavy atom. The smallest absolute Gasteiger partial charge is 0.326 e. The zero-order chi connectivity index (χ0) is 28.6. The third-order valence-electron chi connectivity index (χ3n) is 5.73. The second-order valence-corrected chi connectivity index (χ2v) is 9.13. The third-order valence-corrected chi connectivity index (χ3v) is 5.73. The molecule has 4 unspecified atom stereocenters. The minimum Gasteiger partial charge on any atom is -0.481 e. The molecule has 206 valence electrons.